The largest absolute Gasteiger partial charge is 0.472 e. The summed E-state index contributed by atoms with van der Waals surface area (Å²) in [4.78, 5) is 0. The first-order chi connectivity index (χ1) is 6.56. The molecule has 3 aliphatic rings. The molecule has 1 saturated carbocycles. The van der Waals surface area contributed by atoms with E-state index >= 15 is 0 Å². The summed E-state index contributed by atoms with van der Waals surface area (Å²) in [5, 5.41) is 29.6. The third-order valence-electron chi connectivity index (χ3n) is 3.51. The fourth-order valence-electron chi connectivity index (χ4n) is 2.60. The van der Waals surface area contributed by atoms with Crippen molar-refractivity contribution < 1.29 is 24.8 Å². The maximum atomic E-state index is 10.3. The Balaban J connectivity index is 2.07. The lowest BCUT2D eigenvalue weighted by atomic mass is 9.80. The van der Waals surface area contributed by atoms with Crippen LogP contribution in [0.2, 0.25) is 0 Å². The van der Waals surface area contributed by atoms with Crippen molar-refractivity contribution in [2.75, 3.05) is 0 Å². The zero-order chi connectivity index (χ0) is 10.1. The van der Waals surface area contributed by atoms with Crippen molar-refractivity contribution in [3.8, 4) is 0 Å². The molecule has 0 radical (unpaired) electrons. The molecule has 5 nitrogen and oxygen atoms in total. The molecule has 2 heterocycles. The zero-order valence-corrected chi connectivity index (χ0v) is 7.62. The quantitative estimate of drug-likeness (QED) is 0.425. The van der Waals surface area contributed by atoms with E-state index in [0.717, 1.165) is 0 Å². The first-order valence-electron chi connectivity index (χ1n) is 4.63. The van der Waals surface area contributed by atoms with Gasteiger partial charge in [0.05, 0.1) is 18.3 Å². The van der Waals surface area contributed by atoms with E-state index in [1.165, 1.54) is 6.26 Å². The van der Waals surface area contributed by atoms with Crippen LogP contribution in [0.4, 0.5) is 0 Å². The predicted octanol–water partition coefficient (Wildman–Crippen LogP) is -1.27. The van der Waals surface area contributed by atoms with Crippen LogP contribution in [0.25, 0.3) is 0 Å². The number of fused-ring (bicyclic) bond motifs is 3. The highest BCUT2D eigenvalue weighted by atomic mass is 16.6. The van der Waals surface area contributed by atoms with Gasteiger partial charge in [0.1, 0.15) is 17.8 Å². The molecule has 0 spiro atoms. The van der Waals surface area contributed by atoms with Crippen molar-refractivity contribution in [2.24, 2.45) is 5.92 Å². The van der Waals surface area contributed by atoms with Crippen LogP contribution >= 0.6 is 0 Å². The van der Waals surface area contributed by atoms with E-state index in [1.807, 2.05) is 0 Å². The standard InChI is InChI=1S/C9H12O5/c1-3-2-13-8(11)4-5-6(14-5)7(10)9(3,4)12/h2,4-8,10-12H,1H3. The molecule has 0 aromatic rings. The summed E-state index contributed by atoms with van der Waals surface area (Å²) in [5.74, 6) is -0.576. The van der Waals surface area contributed by atoms with Gasteiger partial charge in [-0.2, -0.15) is 0 Å². The number of rotatable bonds is 0. The third kappa shape index (κ3) is 0.752. The van der Waals surface area contributed by atoms with E-state index in [4.69, 9.17) is 9.47 Å². The molecule has 0 amide bonds. The number of ether oxygens (including phenoxy) is 2. The van der Waals surface area contributed by atoms with Crippen LogP contribution < -0.4 is 0 Å². The second kappa shape index (κ2) is 2.30. The van der Waals surface area contributed by atoms with Gasteiger partial charge in [-0.25, -0.2) is 0 Å². The summed E-state index contributed by atoms with van der Waals surface area (Å²) in [6.07, 6.45) is -1.41. The molecule has 1 saturated heterocycles. The van der Waals surface area contributed by atoms with Gasteiger partial charge >= 0.3 is 0 Å². The average Bonchev–Trinajstić information content (AvgIpc) is 2.86. The van der Waals surface area contributed by atoms with E-state index in [1.54, 1.807) is 6.92 Å². The Morgan fingerprint density at radius 1 is 1.36 bits per heavy atom. The van der Waals surface area contributed by atoms with Crippen LogP contribution in [0.1, 0.15) is 6.92 Å². The fourth-order valence-corrected chi connectivity index (χ4v) is 2.60. The summed E-state index contributed by atoms with van der Waals surface area (Å²) in [5.41, 5.74) is -0.846. The number of aliphatic hydroxyl groups excluding tert-OH is 2. The van der Waals surface area contributed by atoms with Gasteiger partial charge in [0.2, 0.25) is 6.29 Å². The molecular weight excluding hydrogens is 188 g/mol. The van der Waals surface area contributed by atoms with Crippen molar-refractivity contribution in [3.63, 3.8) is 0 Å². The van der Waals surface area contributed by atoms with Gasteiger partial charge in [0.25, 0.3) is 0 Å². The topological polar surface area (TPSA) is 82.5 Å². The van der Waals surface area contributed by atoms with Gasteiger partial charge in [-0.1, -0.05) is 0 Å². The van der Waals surface area contributed by atoms with E-state index < -0.39 is 23.9 Å². The lowest BCUT2D eigenvalue weighted by Gasteiger charge is -2.40. The smallest absolute Gasteiger partial charge is 0.205 e. The maximum absolute atomic E-state index is 10.3. The number of hydrogen-bond donors (Lipinski definition) is 3. The molecule has 0 bridgehead atoms. The summed E-state index contributed by atoms with van der Waals surface area (Å²) < 4.78 is 10.1. The van der Waals surface area contributed by atoms with E-state index in [-0.39, 0.29) is 12.2 Å². The van der Waals surface area contributed by atoms with Gasteiger partial charge in [-0.3, -0.25) is 0 Å². The Kier molecular flexibility index (Phi) is 1.43. The number of epoxide rings is 1. The highest BCUT2D eigenvalue weighted by Crippen LogP contribution is 2.55. The van der Waals surface area contributed by atoms with E-state index in [9.17, 15) is 15.3 Å². The molecular formula is C9H12O5. The zero-order valence-electron chi connectivity index (χ0n) is 7.62. The van der Waals surface area contributed by atoms with Gasteiger partial charge < -0.3 is 24.8 Å². The Morgan fingerprint density at radius 2 is 2.07 bits per heavy atom. The van der Waals surface area contributed by atoms with Crippen molar-refractivity contribution in [3.05, 3.63) is 11.8 Å². The van der Waals surface area contributed by atoms with E-state index in [2.05, 4.69) is 0 Å². The van der Waals surface area contributed by atoms with Crippen molar-refractivity contribution in [2.45, 2.75) is 37.1 Å². The van der Waals surface area contributed by atoms with Crippen molar-refractivity contribution in [1.82, 2.24) is 0 Å². The van der Waals surface area contributed by atoms with Gasteiger partial charge in [-0.15, -0.1) is 0 Å². The molecule has 0 aromatic carbocycles. The van der Waals surface area contributed by atoms with E-state index in [0.29, 0.717) is 5.57 Å². The first kappa shape index (κ1) is 8.67. The van der Waals surface area contributed by atoms with Crippen LogP contribution in [0.15, 0.2) is 11.8 Å². The minimum absolute atomic E-state index is 0.284. The Morgan fingerprint density at radius 3 is 2.71 bits per heavy atom. The molecule has 6 unspecified atom stereocenters. The van der Waals surface area contributed by atoms with Crippen molar-refractivity contribution in [1.29, 1.82) is 0 Å². The molecule has 6 atom stereocenters. The van der Waals surface area contributed by atoms with Crippen LogP contribution in [0, 0.1) is 5.92 Å². The molecule has 78 valence electrons. The van der Waals surface area contributed by atoms with Crippen LogP contribution in [0.5, 0.6) is 0 Å². The monoisotopic (exact) mass is 200 g/mol. The molecule has 14 heavy (non-hydrogen) atoms. The van der Waals surface area contributed by atoms with Crippen LogP contribution in [-0.4, -0.2) is 45.5 Å². The van der Waals surface area contributed by atoms with Crippen LogP contribution in [0.3, 0.4) is 0 Å². The molecule has 3 N–H and O–H groups in total. The lowest BCUT2D eigenvalue weighted by molar-refractivity contribution is -0.197. The highest BCUT2D eigenvalue weighted by molar-refractivity contribution is 5.31. The molecule has 0 aromatic heterocycles. The van der Waals surface area contributed by atoms with Crippen molar-refractivity contribution >= 4 is 0 Å². The van der Waals surface area contributed by atoms with Gasteiger partial charge in [0, 0.05) is 0 Å². The summed E-state index contributed by atoms with van der Waals surface area (Å²) in [6.45, 7) is 1.67. The second-order valence-corrected chi connectivity index (χ2v) is 4.19. The van der Waals surface area contributed by atoms with Crippen LogP contribution in [-0.2, 0) is 9.47 Å². The normalized spacial score (nSPS) is 59.7. The second-order valence-electron chi connectivity index (χ2n) is 4.19. The molecule has 2 aliphatic heterocycles. The predicted molar refractivity (Wildman–Crippen MR) is 44.0 cm³/mol. The molecule has 2 fully saturated rings. The first-order valence-corrected chi connectivity index (χ1v) is 4.63. The summed E-state index contributed by atoms with van der Waals surface area (Å²) >= 11 is 0. The fraction of sp³-hybridized carbons (Fsp3) is 0.778. The van der Waals surface area contributed by atoms with Gasteiger partial charge in [0.15, 0.2) is 0 Å². The molecule has 1 aliphatic carbocycles. The Bertz CT molecular complexity index is 314. The minimum Gasteiger partial charge on any atom is -0.472 e. The molecule has 3 rings (SSSR count). The summed E-state index contributed by atoms with van der Waals surface area (Å²) in [6, 6.07) is 0. The Labute approximate surface area is 80.6 Å². The maximum Gasteiger partial charge on any atom is 0.205 e. The molecule has 5 heteroatoms. The lowest BCUT2D eigenvalue weighted by Crippen LogP contribution is -2.54. The highest BCUT2D eigenvalue weighted by Gasteiger charge is 2.73. The third-order valence-corrected chi connectivity index (χ3v) is 3.51. The number of aliphatic hydroxyl groups is 3. The average molecular weight is 200 g/mol. The van der Waals surface area contributed by atoms with Gasteiger partial charge in [-0.05, 0) is 12.5 Å². The SMILES string of the molecule is CC1=COC(O)C2C3OC3C(O)C12O. The minimum atomic E-state index is -1.38. The summed E-state index contributed by atoms with van der Waals surface area (Å²) in [7, 11) is 0. The number of hydrogen-bond acceptors (Lipinski definition) is 5. The Hall–Kier alpha value is -0.620.